The molecular weight excluding hydrogens is 376 g/mol. The van der Waals surface area contributed by atoms with Crippen LogP contribution in [-0.2, 0) is 11.2 Å². The number of hydrogen-bond acceptors (Lipinski definition) is 3. The van der Waals surface area contributed by atoms with Gasteiger partial charge in [-0.1, -0.05) is 30.3 Å². The van der Waals surface area contributed by atoms with Gasteiger partial charge in [-0.25, -0.2) is 0 Å². The number of rotatable bonds is 6. The Labute approximate surface area is 176 Å². The van der Waals surface area contributed by atoms with E-state index in [9.17, 15) is 9.59 Å². The Kier molecular flexibility index (Phi) is 6.09. The topological polar surface area (TPSA) is 58.6 Å². The summed E-state index contributed by atoms with van der Waals surface area (Å²) in [6.07, 6.45) is 2.59. The average Bonchev–Trinajstić information content (AvgIpc) is 3.31. The van der Waals surface area contributed by atoms with Crippen LogP contribution < -0.4 is 10.1 Å². The molecule has 0 aliphatic carbocycles. The monoisotopic (exact) mass is 400 g/mol. The van der Waals surface area contributed by atoms with Gasteiger partial charge in [0, 0.05) is 24.3 Å². The molecule has 1 aliphatic rings. The average molecular weight is 400 g/mol. The van der Waals surface area contributed by atoms with Gasteiger partial charge in [0.2, 0.25) is 5.91 Å². The maximum atomic E-state index is 12.5. The molecule has 30 heavy (non-hydrogen) atoms. The molecule has 1 fully saturated rings. The minimum Gasteiger partial charge on any atom is -0.457 e. The number of hydrogen-bond donors (Lipinski definition) is 1. The molecular formula is C25H24N2O3. The van der Waals surface area contributed by atoms with Crippen molar-refractivity contribution in [3.63, 3.8) is 0 Å². The first kappa shape index (κ1) is 19.7. The summed E-state index contributed by atoms with van der Waals surface area (Å²) in [4.78, 5) is 26.7. The Hall–Kier alpha value is -3.60. The van der Waals surface area contributed by atoms with Crippen LogP contribution in [0.2, 0.25) is 0 Å². The zero-order valence-corrected chi connectivity index (χ0v) is 16.7. The minimum atomic E-state index is -0.192. The van der Waals surface area contributed by atoms with E-state index in [1.807, 2.05) is 59.5 Å². The third-order valence-electron chi connectivity index (χ3n) is 5.12. The number of anilines is 1. The quantitative estimate of drug-likeness (QED) is 0.640. The van der Waals surface area contributed by atoms with Crippen LogP contribution in [0.4, 0.5) is 5.69 Å². The molecule has 0 atom stereocenters. The fraction of sp³-hybridized carbons (Fsp3) is 0.200. The predicted molar refractivity (Wildman–Crippen MR) is 117 cm³/mol. The molecule has 0 radical (unpaired) electrons. The summed E-state index contributed by atoms with van der Waals surface area (Å²) in [7, 11) is 0. The summed E-state index contributed by atoms with van der Waals surface area (Å²) in [5.41, 5.74) is 2.19. The molecule has 1 N–H and O–H groups in total. The van der Waals surface area contributed by atoms with Crippen molar-refractivity contribution in [1.82, 2.24) is 4.90 Å². The van der Waals surface area contributed by atoms with Crippen LogP contribution in [0.15, 0.2) is 78.9 Å². The third kappa shape index (κ3) is 5.06. The van der Waals surface area contributed by atoms with E-state index in [-0.39, 0.29) is 11.8 Å². The molecule has 0 spiro atoms. The summed E-state index contributed by atoms with van der Waals surface area (Å²) in [6.45, 7) is 1.73. The second-order valence-corrected chi connectivity index (χ2v) is 7.36. The summed E-state index contributed by atoms with van der Waals surface area (Å²) < 4.78 is 5.75. The van der Waals surface area contributed by atoms with E-state index in [2.05, 4.69) is 5.32 Å². The minimum absolute atomic E-state index is 0.169. The summed E-state index contributed by atoms with van der Waals surface area (Å²) in [5.74, 6) is 1.40. The second kappa shape index (κ2) is 9.27. The van der Waals surface area contributed by atoms with Gasteiger partial charge in [-0.3, -0.25) is 9.59 Å². The van der Waals surface area contributed by atoms with Gasteiger partial charge in [0.25, 0.3) is 5.91 Å². The predicted octanol–water partition coefficient (Wildman–Crippen LogP) is 4.90. The van der Waals surface area contributed by atoms with Crippen molar-refractivity contribution in [3.8, 4) is 11.5 Å². The zero-order chi connectivity index (χ0) is 20.8. The summed E-state index contributed by atoms with van der Waals surface area (Å²) >= 11 is 0. The molecule has 1 heterocycles. The van der Waals surface area contributed by atoms with Gasteiger partial charge in [-0.05, 0) is 66.9 Å². The number of nitrogens with one attached hydrogen (secondary N) is 1. The number of likely N-dealkylation sites (tertiary alicyclic amines) is 1. The fourth-order valence-electron chi connectivity index (χ4n) is 3.46. The van der Waals surface area contributed by atoms with E-state index in [0.29, 0.717) is 23.4 Å². The van der Waals surface area contributed by atoms with Crippen molar-refractivity contribution in [2.45, 2.75) is 19.3 Å². The highest BCUT2D eigenvalue weighted by Gasteiger charge is 2.17. The maximum absolute atomic E-state index is 12.5. The highest BCUT2D eigenvalue weighted by Crippen LogP contribution is 2.21. The Morgan fingerprint density at radius 1 is 0.800 bits per heavy atom. The van der Waals surface area contributed by atoms with Crippen molar-refractivity contribution >= 4 is 17.5 Å². The molecule has 0 unspecified atom stereocenters. The van der Waals surface area contributed by atoms with Gasteiger partial charge >= 0.3 is 0 Å². The molecule has 152 valence electrons. The van der Waals surface area contributed by atoms with Gasteiger partial charge in [0.05, 0.1) is 6.42 Å². The van der Waals surface area contributed by atoms with Gasteiger partial charge in [-0.2, -0.15) is 0 Å². The lowest BCUT2D eigenvalue weighted by Gasteiger charge is -2.15. The summed E-state index contributed by atoms with van der Waals surface area (Å²) in [6, 6.07) is 24.0. The number of carbonyl (C=O) groups is 2. The zero-order valence-electron chi connectivity index (χ0n) is 16.7. The Balaban J connectivity index is 1.32. The highest BCUT2D eigenvalue weighted by atomic mass is 16.5. The Bertz CT molecular complexity index is 993. The SMILES string of the molecule is O=C(Nc1ccc(CC(=O)N2CCCC2)cc1)c1ccc(Oc2ccccc2)cc1. The molecule has 4 rings (SSSR count). The first-order valence-corrected chi connectivity index (χ1v) is 10.2. The van der Waals surface area contributed by atoms with E-state index < -0.39 is 0 Å². The molecule has 5 nitrogen and oxygen atoms in total. The number of benzene rings is 3. The van der Waals surface area contributed by atoms with Crippen LogP contribution in [0, 0.1) is 0 Å². The van der Waals surface area contributed by atoms with E-state index in [4.69, 9.17) is 4.74 Å². The van der Waals surface area contributed by atoms with E-state index in [0.717, 1.165) is 37.2 Å². The molecule has 1 saturated heterocycles. The van der Waals surface area contributed by atoms with Gasteiger partial charge in [-0.15, -0.1) is 0 Å². The molecule has 1 aliphatic heterocycles. The smallest absolute Gasteiger partial charge is 0.255 e. The number of ether oxygens (including phenoxy) is 1. The van der Waals surface area contributed by atoms with Crippen molar-refractivity contribution in [3.05, 3.63) is 90.0 Å². The Morgan fingerprint density at radius 2 is 1.43 bits per heavy atom. The van der Waals surface area contributed by atoms with Crippen LogP contribution in [0.1, 0.15) is 28.8 Å². The van der Waals surface area contributed by atoms with Crippen LogP contribution in [0.3, 0.4) is 0 Å². The van der Waals surface area contributed by atoms with Crippen molar-refractivity contribution in [2.24, 2.45) is 0 Å². The Morgan fingerprint density at radius 3 is 2.10 bits per heavy atom. The standard InChI is InChI=1S/C25H24N2O3/c28-24(27-16-4-5-17-27)18-19-8-12-21(13-9-19)26-25(29)20-10-14-23(15-11-20)30-22-6-2-1-3-7-22/h1-3,6-15H,4-5,16-18H2,(H,26,29). The van der Waals surface area contributed by atoms with Crippen LogP contribution in [-0.4, -0.2) is 29.8 Å². The van der Waals surface area contributed by atoms with Crippen LogP contribution in [0.25, 0.3) is 0 Å². The van der Waals surface area contributed by atoms with Gasteiger partial charge in [0.15, 0.2) is 0 Å². The lowest BCUT2D eigenvalue weighted by atomic mass is 10.1. The number of amides is 2. The largest absolute Gasteiger partial charge is 0.457 e. The number of carbonyl (C=O) groups excluding carboxylic acids is 2. The first-order chi connectivity index (χ1) is 14.7. The molecule has 0 saturated carbocycles. The lowest BCUT2D eigenvalue weighted by Crippen LogP contribution is -2.29. The molecule has 3 aromatic carbocycles. The highest BCUT2D eigenvalue weighted by molar-refractivity contribution is 6.04. The molecule has 0 bridgehead atoms. The third-order valence-corrected chi connectivity index (χ3v) is 5.12. The normalized spacial score (nSPS) is 13.1. The lowest BCUT2D eigenvalue weighted by molar-refractivity contribution is -0.129. The molecule has 3 aromatic rings. The van der Waals surface area contributed by atoms with Crippen LogP contribution in [0.5, 0.6) is 11.5 Å². The maximum Gasteiger partial charge on any atom is 0.255 e. The molecule has 0 aromatic heterocycles. The van der Waals surface area contributed by atoms with Crippen molar-refractivity contribution < 1.29 is 14.3 Å². The number of nitrogens with zero attached hydrogens (tertiary/aromatic N) is 1. The van der Waals surface area contributed by atoms with Crippen molar-refractivity contribution in [1.29, 1.82) is 0 Å². The summed E-state index contributed by atoms with van der Waals surface area (Å²) in [5, 5.41) is 2.89. The molecule has 5 heteroatoms. The van der Waals surface area contributed by atoms with E-state index in [1.165, 1.54) is 0 Å². The van der Waals surface area contributed by atoms with Crippen molar-refractivity contribution in [2.75, 3.05) is 18.4 Å². The first-order valence-electron chi connectivity index (χ1n) is 10.2. The van der Waals surface area contributed by atoms with E-state index >= 15 is 0 Å². The van der Waals surface area contributed by atoms with Crippen LogP contribution >= 0.6 is 0 Å². The molecule has 2 amide bonds. The van der Waals surface area contributed by atoms with Gasteiger partial charge < -0.3 is 15.0 Å². The van der Waals surface area contributed by atoms with E-state index in [1.54, 1.807) is 24.3 Å². The fourth-order valence-corrected chi connectivity index (χ4v) is 3.46. The number of para-hydroxylation sites is 1. The second-order valence-electron chi connectivity index (χ2n) is 7.36. The van der Waals surface area contributed by atoms with Gasteiger partial charge in [0.1, 0.15) is 11.5 Å².